The van der Waals surface area contributed by atoms with Crippen molar-refractivity contribution in [2.24, 2.45) is 10.2 Å². The normalized spacial score (nSPS) is 11.7. The van der Waals surface area contributed by atoms with Gasteiger partial charge in [-0.05, 0) is 66.2 Å². The van der Waals surface area contributed by atoms with E-state index in [0.29, 0.717) is 4.68 Å². The van der Waals surface area contributed by atoms with E-state index in [9.17, 15) is 44.0 Å². The van der Waals surface area contributed by atoms with Gasteiger partial charge in [-0.2, -0.15) is 28.5 Å². The summed E-state index contributed by atoms with van der Waals surface area (Å²) in [5.41, 5.74) is -0.873. The number of nitrogens with one attached hydrogen (secondary N) is 2. The van der Waals surface area contributed by atoms with Crippen molar-refractivity contribution >= 4 is 99.8 Å². The number of anilines is 4. The summed E-state index contributed by atoms with van der Waals surface area (Å²) in [5.74, 6) is -1.29. The number of azo groups is 1. The first-order valence-electron chi connectivity index (χ1n) is 12.5. The summed E-state index contributed by atoms with van der Waals surface area (Å²) in [6.45, 7) is 0. The van der Waals surface area contributed by atoms with Crippen molar-refractivity contribution in [1.29, 1.82) is 0 Å². The molecule has 0 saturated carbocycles. The van der Waals surface area contributed by atoms with Crippen molar-refractivity contribution in [1.82, 2.24) is 24.7 Å². The first-order valence-corrected chi connectivity index (χ1v) is 17.9. The molecule has 0 saturated heterocycles. The van der Waals surface area contributed by atoms with Crippen LogP contribution in [-0.4, -0.2) is 63.6 Å². The Morgan fingerprint density at radius 1 is 0.692 bits per heavy atom. The number of rotatable bonds is 10. The number of halogens is 3. The zero-order valence-electron chi connectivity index (χ0n) is 26.4. The Morgan fingerprint density at radius 2 is 1.25 bits per heavy atom. The molecule has 5 rings (SSSR count). The van der Waals surface area contributed by atoms with Crippen molar-refractivity contribution in [3.63, 3.8) is 0 Å². The standard InChI is InChI=1S/C24H16Cl3N9O10S3.3Na/c25-14-9-20(49(44,45)46)15(26)8-18(14)36-21(37)17(10-28-36)35-34-16-7-12(3-6-19(16)48(41,42)43)30-24-32-22(27)31-23(33-24)29-11-1-4-13(5-2-11)47(38,39)40;;;/h1-10,37H,(H,38,39,40)(H,41,42,43)(H,44,45,46)(H2,29,30,31,32,33);;;/q;3*+1/p-3. The smallest absolute Gasteiger partial charge is 0.857 e. The molecule has 0 spiro atoms. The average Bonchev–Trinajstić information content (AvgIpc) is 3.35. The van der Waals surface area contributed by atoms with Gasteiger partial charge in [0.25, 0.3) is 10.1 Å². The molecule has 19 nitrogen and oxygen atoms in total. The summed E-state index contributed by atoms with van der Waals surface area (Å²) in [6.07, 6.45) is 0.911. The third-order valence-corrected chi connectivity index (χ3v) is 9.50. The van der Waals surface area contributed by atoms with Crippen molar-refractivity contribution in [3.8, 4) is 11.6 Å². The van der Waals surface area contributed by atoms with Crippen LogP contribution in [0.2, 0.25) is 15.3 Å². The summed E-state index contributed by atoms with van der Waals surface area (Å²) in [6, 6.07) is 9.52. The van der Waals surface area contributed by atoms with Crippen molar-refractivity contribution < 1.29 is 133 Å². The maximum atomic E-state index is 13.0. The van der Waals surface area contributed by atoms with Gasteiger partial charge in [0.05, 0.1) is 31.7 Å². The van der Waals surface area contributed by atoms with Crippen LogP contribution in [0.25, 0.3) is 5.69 Å². The van der Waals surface area contributed by atoms with Crippen molar-refractivity contribution in [3.05, 3.63) is 76.1 Å². The van der Waals surface area contributed by atoms with E-state index in [1.54, 1.807) is 0 Å². The molecule has 0 aliphatic heterocycles. The maximum absolute atomic E-state index is 13.0. The largest absolute Gasteiger partial charge is 1.00 e. The Morgan fingerprint density at radius 3 is 1.81 bits per heavy atom. The third-order valence-electron chi connectivity index (χ3n) is 5.97. The van der Waals surface area contributed by atoms with Crippen LogP contribution in [0, 0.1) is 0 Å². The molecule has 0 bridgehead atoms. The van der Waals surface area contributed by atoms with Gasteiger partial charge in [0.2, 0.25) is 17.2 Å². The van der Waals surface area contributed by atoms with Gasteiger partial charge in [0.15, 0.2) is 0 Å². The van der Waals surface area contributed by atoms with Gasteiger partial charge in [0, 0.05) is 17.3 Å². The predicted molar refractivity (Wildman–Crippen MR) is 167 cm³/mol. The Labute approximate surface area is 375 Å². The Bertz CT molecular complexity index is 2500. The second-order valence-electron chi connectivity index (χ2n) is 9.27. The minimum atomic E-state index is -5.12. The topological polar surface area (TPSA) is 297 Å². The number of hydrogen-bond donors (Lipinski definition) is 3. The van der Waals surface area contributed by atoms with Gasteiger partial charge >= 0.3 is 88.7 Å². The Balaban J connectivity index is 0.00000312. The molecule has 5 aromatic rings. The van der Waals surface area contributed by atoms with Crippen LogP contribution in [0.3, 0.4) is 0 Å². The molecule has 256 valence electrons. The number of nitrogens with zero attached hydrogens (tertiary/aromatic N) is 7. The summed E-state index contributed by atoms with van der Waals surface area (Å²) in [5, 5.41) is 28.6. The average molecular weight is 859 g/mol. The molecule has 2 aromatic heterocycles. The molecule has 0 fully saturated rings. The van der Waals surface area contributed by atoms with E-state index in [1.165, 1.54) is 12.1 Å². The molecule has 0 aliphatic rings. The monoisotopic (exact) mass is 857 g/mol. The first kappa shape index (κ1) is 46.6. The number of hydrogen-bond acceptors (Lipinski definition) is 17. The van der Waals surface area contributed by atoms with E-state index >= 15 is 0 Å². The molecule has 0 atom stereocenters. The van der Waals surface area contributed by atoms with Crippen molar-refractivity contribution in [2.75, 3.05) is 10.6 Å². The first-order chi connectivity index (χ1) is 22.8. The molecular formula is C24H13Cl3N9Na3O10S3. The second-order valence-corrected chi connectivity index (χ2v) is 14.5. The van der Waals surface area contributed by atoms with E-state index in [1.807, 2.05) is 0 Å². The summed E-state index contributed by atoms with van der Waals surface area (Å²) >= 11 is 18.0. The molecule has 0 unspecified atom stereocenters. The molecule has 52 heavy (non-hydrogen) atoms. The number of benzene rings is 3. The molecule has 2 heterocycles. The van der Waals surface area contributed by atoms with Gasteiger partial charge in [0.1, 0.15) is 36.5 Å². The Hall–Kier alpha value is -1.52. The van der Waals surface area contributed by atoms with Crippen LogP contribution in [0.15, 0.2) is 85.7 Å². The molecular weight excluding hydrogens is 846 g/mol. The van der Waals surface area contributed by atoms with E-state index in [4.69, 9.17) is 34.8 Å². The van der Waals surface area contributed by atoms with Crippen LogP contribution >= 0.6 is 34.8 Å². The fourth-order valence-corrected chi connectivity index (χ4v) is 6.42. The quantitative estimate of drug-likeness (QED) is 0.0673. The van der Waals surface area contributed by atoms with Crippen molar-refractivity contribution in [2.45, 2.75) is 14.7 Å². The van der Waals surface area contributed by atoms with E-state index in [-0.39, 0.29) is 128 Å². The van der Waals surface area contributed by atoms with E-state index in [0.717, 1.165) is 48.7 Å². The fraction of sp³-hybridized carbons (Fsp3) is 0. The van der Waals surface area contributed by atoms with Gasteiger partial charge in [-0.3, -0.25) is 4.55 Å². The van der Waals surface area contributed by atoms with Crippen LogP contribution in [0.1, 0.15) is 0 Å². The van der Waals surface area contributed by atoms with Crippen LogP contribution in [0.4, 0.5) is 34.6 Å². The van der Waals surface area contributed by atoms with Crippen LogP contribution in [-0.2, 0) is 30.4 Å². The predicted octanol–water partition coefficient (Wildman–Crippen LogP) is -4.94. The molecule has 3 N–H and O–H groups in total. The maximum Gasteiger partial charge on any atom is 1.00 e. The summed E-state index contributed by atoms with van der Waals surface area (Å²) in [4.78, 5) is 9.89. The third kappa shape index (κ3) is 11.5. The minimum Gasteiger partial charge on any atom is -0.857 e. The van der Waals surface area contributed by atoms with Gasteiger partial charge in [-0.15, -0.1) is 10.2 Å². The SMILES string of the molecule is O=S(=O)([O-])c1ccc(Nc2nc(Cl)nc(Nc3ccc(S(=O)(=O)[O-])c(N=Nc4cnn(-c5cc(Cl)c(S(=O)(=O)O)cc5Cl)c4[O-])c3)n2)cc1.[Na+].[Na+].[Na+]. The molecule has 0 amide bonds. The zero-order chi connectivity index (χ0) is 35.9. The van der Waals surface area contributed by atoms with Crippen LogP contribution in [0.5, 0.6) is 5.88 Å². The zero-order valence-corrected chi connectivity index (χ0v) is 37.1. The van der Waals surface area contributed by atoms with Gasteiger partial charge < -0.3 is 24.8 Å². The summed E-state index contributed by atoms with van der Waals surface area (Å²) in [7, 11) is -14.5. The number of aromatic nitrogens is 5. The molecule has 0 radical (unpaired) electrons. The van der Waals surface area contributed by atoms with Gasteiger partial charge in [-0.1, -0.05) is 23.2 Å². The van der Waals surface area contributed by atoms with Crippen LogP contribution < -0.4 is 104 Å². The Kier molecular flexibility index (Phi) is 16.5. The minimum absolute atomic E-state index is 0. The van der Waals surface area contributed by atoms with Gasteiger partial charge in [-0.25, -0.2) is 21.5 Å². The van der Waals surface area contributed by atoms with E-state index < -0.39 is 67.3 Å². The van der Waals surface area contributed by atoms with E-state index in [2.05, 4.69) is 40.9 Å². The fourth-order valence-electron chi connectivity index (χ4n) is 3.86. The molecule has 0 aliphatic carbocycles. The molecule has 3 aromatic carbocycles. The molecule has 28 heteroatoms. The second kappa shape index (κ2) is 18.4. The summed E-state index contributed by atoms with van der Waals surface area (Å²) < 4.78 is 102.